The first-order valence-electron chi connectivity index (χ1n) is 11.8. The summed E-state index contributed by atoms with van der Waals surface area (Å²) in [5.41, 5.74) is 0.132. The van der Waals surface area contributed by atoms with E-state index in [1.165, 1.54) is 38.4 Å². The van der Waals surface area contributed by atoms with Crippen LogP contribution in [0, 0.1) is 5.92 Å². The predicted molar refractivity (Wildman–Crippen MR) is 119 cm³/mol. The molecule has 1 atom stereocenters. The van der Waals surface area contributed by atoms with Gasteiger partial charge in [0.25, 0.3) is 5.91 Å². The Labute approximate surface area is 186 Å². The average Bonchev–Trinajstić information content (AvgIpc) is 3.21. The Kier molecular flexibility index (Phi) is 8.89. The number of nitrogens with zero attached hydrogens (tertiary/aromatic N) is 3. The van der Waals surface area contributed by atoms with E-state index in [1.54, 1.807) is 0 Å². The quantitative estimate of drug-likeness (QED) is 0.614. The molecule has 1 aromatic rings. The molecule has 2 heterocycles. The van der Waals surface area contributed by atoms with E-state index in [2.05, 4.69) is 20.1 Å². The fraction of sp³-hybridized carbons (Fsp3) is 0.826. The largest absolute Gasteiger partial charge is 0.447 e. The van der Waals surface area contributed by atoms with Crippen molar-refractivity contribution in [3.8, 4) is 0 Å². The molecule has 1 saturated heterocycles. The Hall–Kier alpha value is -1.48. The Morgan fingerprint density at radius 1 is 1.23 bits per heavy atom. The minimum atomic E-state index is -0.479. The smallest absolute Gasteiger partial charge is 0.273 e. The lowest BCUT2D eigenvalue weighted by molar-refractivity contribution is -0.0588. The van der Waals surface area contributed by atoms with E-state index in [1.807, 2.05) is 20.8 Å². The number of aliphatic hydroxyl groups is 1. The van der Waals surface area contributed by atoms with Crippen molar-refractivity contribution in [3.63, 3.8) is 0 Å². The van der Waals surface area contributed by atoms with E-state index >= 15 is 0 Å². The molecule has 0 unspecified atom stereocenters. The molecule has 2 fully saturated rings. The number of β-amino-alcohol motifs (C(OH)–C–C–N with tert-alkyl or cyclic N) is 1. The van der Waals surface area contributed by atoms with E-state index in [0.717, 1.165) is 32.7 Å². The molecule has 1 amide bonds. The second kappa shape index (κ2) is 11.4. The van der Waals surface area contributed by atoms with Crippen LogP contribution in [0.15, 0.2) is 10.7 Å². The summed E-state index contributed by atoms with van der Waals surface area (Å²) in [6.07, 6.45) is 7.25. The van der Waals surface area contributed by atoms with Crippen molar-refractivity contribution in [2.24, 2.45) is 5.92 Å². The zero-order valence-corrected chi connectivity index (χ0v) is 19.4. The zero-order valence-electron chi connectivity index (χ0n) is 19.4. The van der Waals surface area contributed by atoms with Gasteiger partial charge in [-0.15, -0.1) is 0 Å². The molecule has 2 aliphatic rings. The number of amides is 1. The number of aromatic nitrogens is 1. The number of carbonyl (C=O) groups excluding carboxylic acids is 1. The molecule has 1 aromatic heterocycles. The van der Waals surface area contributed by atoms with Crippen molar-refractivity contribution >= 4 is 5.91 Å². The maximum Gasteiger partial charge on any atom is 0.273 e. The van der Waals surface area contributed by atoms with Gasteiger partial charge < -0.3 is 19.6 Å². The summed E-state index contributed by atoms with van der Waals surface area (Å²) in [5, 5.41) is 13.2. The number of carbonyl (C=O) groups is 1. The highest BCUT2D eigenvalue weighted by atomic mass is 16.5. The molecular weight excluding hydrogens is 396 g/mol. The van der Waals surface area contributed by atoms with E-state index in [9.17, 15) is 9.90 Å². The molecule has 2 N–H and O–H groups in total. The summed E-state index contributed by atoms with van der Waals surface area (Å²) in [6, 6.07) is 0. The first kappa shape index (κ1) is 24.2. The fourth-order valence-electron chi connectivity index (χ4n) is 4.22. The van der Waals surface area contributed by atoms with Crippen LogP contribution in [-0.4, -0.2) is 83.4 Å². The molecule has 0 bridgehead atoms. The Morgan fingerprint density at radius 2 is 1.90 bits per heavy atom. The summed E-state index contributed by atoms with van der Waals surface area (Å²) in [7, 11) is 0. The van der Waals surface area contributed by atoms with E-state index in [-0.39, 0.29) is 11.5 Å². The summed E-state index contributed by atoms with van der Waals surface area (Å²) >= 11 is 0. The first-order valence-corrected chi connectivity index (χ1v) is 11.8. The summed E-state index contributed by atoms with van der Waals surface area (Å²) in [6.45, 7) is 11.8. The predicted octanol–water partition coefficient (Wildman–Crippen LogP) is 2.28. The van der Waals surface area contributed by atoms with Gasteiger partial charge in [0.05, 0.1) is 24.9 Å². The molecule has 1 saturated carbocycles. The van der Waals surface area contributed by atoms with Gasteiger partial charge in [0.1, 0.15) is 6.26 Å². The number of nitrogens with one attached hydrogen (secondary N) is 1. The third kappa shape index (κ3) is 8.52. The number of hydrogen-bond donors (Lipinski definition) is 2. The standard InChI is InChI=1S/C23H40N4O4/c1-23(2,3)31-16-19(28)14-26-9-11-27(12-10-26)15-21-25-20(17-30-21)22(29)24-13-18-7-5-4-6-8-18/h17-19,28H,4-16H2,1-3H3,(H,24,29)/t19-/m0/s1. The van der Waals surface area contributed by atoms with Crippen molar-refractivity contribution in [2.75, 3.05) is 45.9 Å². The van der Waals surface area contributed by atoms with Gasteiger partial charge in [-0.05, 0) is 39.5 Å². The molecule has 8 heteroatoms. The molecule has 0 radical (unpaired) electrons. The Morgan fingerprint density at radius 3 is 2.58 bits per heavy atom. The molecule has 176 valence electrons. The number of piperazine rings is 1. The van der Waals surface area contributed by atoms with Crippen LogP contribution >= 0.6 is 0 Å². The third-order valence-electron chi connectivity index (χ3n) is 6.06. The van der Waals surface area contributed by atoms with Crippen LogP contribution in [-0.2, 0) is 11.3 Å². The van der Waals surface area contributed by atoms with Crippen LogP contribution in [0.4, 0.5) is 0 Å². The summed E-state index contributed by atoms with van der Waals surface area (Å²) in [4.78, 5) is 21.3. The molecule has 1 aliphatic heterocycles. The van der Waals surface area contributed by atoms with Crippen molar-refractivity contribution in [1.29, 1.82) is 0 Å². The Balaban J connectivity index is 1.35. The number of oxazole rings is 1. The Bertz CT molecular complexity index is 673. The minimum absolute atomic E-state index is 0.142. The van der Waals surface area contributed by atoms with Crippen molar-refractivity contribution < 1.29 is 19.1 Å². The van der Waals surface area contributed by atoms with Gasteiger partial charge in [0.2, 0.25) is 5.89 Å². The monoisotopic (exact) mass is 436 g/mol. The molecule has 0 aromatic carbocycles. The van der Waals surface area contributed by atoms with Gasteiger partial charge in [0, 0.05) is 39.3 Å². The van der Waals surface area contributed by atoms with Crippen molar-refractivity contribution in [3.05, 3.63) is 17.8 Å². The SMILES string of the molecule is CC(C)(C)OC[C@@H](O)CN1CCN(Cc2nc(C(=O)NCC3CCCCC3)co2)CC1. The normalized spacial score (nSPS) is 20.6. The van der Waals surface area contributed by atoms with Crippen LogP contribution in [0.2, 0.25) is 0 Å². The lowest BCUT2D eigenvalue weighted by Crippen LogP contribution is -2.49. The molecule has 8 nitrogen and oxygen atoms in total. The first-order chi connectivity index (χ1) is 14.8. The lowest BCUT2D eigenvalue weighted by Gasteiger charge is -2.35. The average molecular weight is 437 g/mol. The second-order valence-corrected chi connectivity index (χ2v) is 9.99. The van der Waals surface area contributed by atoms with E-state index in [0.29, 0.717) is 37.2 Å². The van der Waals surface area contributed by atoms with Gasteiger partial charge in [-0.25, -0.2) is 4.98 Å². The van der Waals surface area contributed by atoms with Gasteiger partial charge >= 0.3 is 0 Å². The van der Waals surface area contributed by atoms with Crippen LogP contribution in [0.3, 0.4) is 0 Å². The number of ether oxygens (including phenoxy) is 1. The maximum atomic E-state index is 12.4. The molecule has 0 spiro atoms. The molecular formula is C23H40N4O4. The number of aliphatic hydroxyl groups excluding tert-OH is 1. The minimum Gasteiger partial charge on any atom is -0.447 e. The van der Waals surface area contributed by atoms with Crippen LogP contribution in [0.25, 0.3) is 0 Å². The molecule has 31 heavy (non-hydrogen) atoms. The second-order valence-electron chi connectivity index (χ2n) is 9.99. The van der Waals surface area contributed by atoms with Gasteiger partial charge in [-0.2, -0.15) is 0 Å². The highest BCUT2D eigenvalue weighted by Gasteiger charge is 2.23. The van der Waals surface area contributed by atoms with Crippen LogP contribution in [0.5, 0.6) is 0 Å². The molecule has 1 aliphatic carbocycles. The molecule has 3 rings (SSSR count). The maximum absolute atomic E-state index is 12.4. The van der Waals surface area contributed by atoms with Gasteiger partial charge in [-0.1, -0.05) is 19.3 Å². The number of rotatable bonds is 9. The highest BCUT2D eigenvalue weighted by Crippen LogP contribution is 2.22. The van der Waals surface area contributed by atoms with Crippen molar-refractivity contribution in [1.82, 2.24) is 20.1 Å². The highest BCUT2D eigenvalue weighted by molar-refractivity contribution is 5.91. The summed E-state index contributed by atoms with van der Waals surface area (Å²) < 4.78 is 11.2. The van der Waals surface area contributed by atoms with Gasteiger partial charge in [-0.3, -0.25) is 14.6 Å². The van der Waals surface area contributed by atoms with Crippen LogP contribution < -0.4 is 5.32 Å². The van der Waals surface area contributed by atoms with Crippen molar-refractivity contribution in [2.45, 2.75) is 71.1 Å². The third-order valence-corrected chi connectivity index (χ3v) is 6.06. The van der Waals surface area contributed by atoms with Gasteiger partial charge in [0.15, 0.2) is 5.69 Å². The number of hydrogen-bond acceptors (Lipinski definition) is 7. The lowest BCUT2D eigenvalue weighted by atomic mass is 9.89. The summed E-state index contributed by atoms with van der Waals surface area (Å²) in [5.74, 6) is 1.03. The van der Waals surface area contributed by atoms with E-state index < -0.39 is 6.10 Å². The fourth-order valence-corrected chi connectivity index (χ4v) is 4.22. The van der Waals surface area contributed by atoms with E-state index in [4.69, 9.17) is 9.15 Å². The zero-order chi connectivity index (χ0) is 22.3. The topological polar surface area (TPSA) is 91.1 Å². The van der Waals surface area contributed by atoms with Crippen LogP contribution in [0.1, 0.15) is 69.3 Å².